The molecular formula is C9H16. The van der Waals surface area contributed by atoms with Crippen molar-refractivity contribution >= 4 is 0 Å². The molecule has 0 aromatic carbocycles. The lowest BCUT2D eigenvalue weighted by atomic mass is 10.0. The molecule has 1 fully saturated rings. The summed E-state index contributed by atoms with van der Waals surface area (Å²) in [5.74, 6) is 0.840. The van der Waals surface area contributed by atoms with Crippen LogP contribution < -0.4 is 0 Å². The van der Waals surface area contributed by atoms with Crippen LogP contribution in [0.25, 0.3) is 0 Å². The maximum Gasteiger partial charge on any atom is -0.0236 e. The lowest BCUT2D eigenvalue weighted by Gasteiger charge is -2.04. The zero-order chi connectivity index (χ0) is 6.53. The van der Waals surface area contributed by atoms with Crippen LogP contribution in [0.4, 0.5) is 0 Å². The number of hydrogen-bond donors (Lipinski definition) is 0. The Balaban J connectivity index is 2.26. The molecule has 0 bridgehead atoms. The third kappa shape index (κ3) is 2.21. The van der Waals surface area contributed by atoms with Gasteiger partial charge in [-0.05, 0) is 18.8 Å². The summed E-state index contributed by atoms with van der Waals surface area (Å²) in [6.07, 6.45) is 10.7. The van der Waals surface area contributed by atoms with Crippen molar-refractivity contribution in [3.63, 3.8) is 0 Å². The highest BCUT2D eigenvalue weighted by molar-refractivity contribution is 4.80. The average Bonchev–Trinajstić information content (AvgIpc) is 2.13. The molecule has 0 amide bonds. The molecule has 1 saturated carbocycles. The van der Waals surface area contributed by atoms with Gasteiger partial charge >= 0.3 is 0 Å². The summed E-state index contributed by atoms with van der Waals surface area (Å²) in [4.78, 5) is 0. The minimum atomic E-state index is 0.840. The Kier molecular flexibility index (Phi) is 2.82. The maximum atomic E-state index is 3.83. The van der Waals surface area contributed by atoms with E-state index in [2.05, 4.69) is 12.7 Å². The Morgan fingerprint density at radius 1 is 1.00 bits per heavy atom. The zero-order valence-corrected chi connectivity index (χ0v) is 6.10. The molecule has 0 aromatic heterocycles. The molecule has 0 radical (unpaired) electrons. The molecule has 0 N–H and O–H groups in total. The van der Waals surface area contributed by atoms with E-state index in [0.717, 1.165) is 5.92 Å². The van der Waals surface area contributed by atoms with Crippen LogP contribution in [0.2, 0.25) is 0 Å². The molecule has 52 valence electrons. The van der Waals surface area contributed by atoms with Crippen LogP contribution >= 0.6 is 0 Å². The molecule has 1 aliphatic carbocycles. The standard InChI is InChI=1S/C9H16/c1-2-9-7-5-3-4-6-8-9/h2,9H,1,3-8H2. The molecule has 9 heavy (non-hydrogen) atoms. The lowest BCUT2D eigenvalue weighted by molar-refractivity contribution is 0.560. The van der Waals surface area contributed by atoms with Gasteiger partial charge in [0.1, 0.15) is 0 Å². The van der Waals surface area contributed by atoms with Gasteiger partial charge in [-0.1, -0.05) is 31.8 Å². The van der Waals surface area contributed by atoms with Crippen LogP contribution in [0.3, 0.4) is 0 Å². The predicted octanol–water partition coefficient (Wildman–Crippen LogP) is 3.14. The molecule has 0 spiro atoms. The first-order valence-electron chi connectivity index (χ1n) is 4.06. The van der Waals surface area contributed by atoms with Crippen molar-refractivity contribution in [2.45, 2.75) is 38.5 Å². The van der Waals surface area contributed by atoms with Gasteiger partial charge in [0, 0.05) is 0 Å². The fourth-order valence-electron chi connectivity index (χ4n) is 1.55. The third-order valence-corrected chi connectivity index (χ3v) is 2.23. The number of allylic oxidation sites excluding steroid dienone is 1. The molecule has 0 heterocycles. The Bertz CT molecular complexity index is 76.0. The van der Waals surface area contributed by atoms with E-state index >= 15 is 0 Å². The fourth-order valence-corrected chi connectivity index (χ4v) is 1.55. The summed E-state index contributed by atoms with van der Waals surface area (Å²) in [5, 5.41) is 0. The number of hydrogen-bond acceptors (Lipinski definition) is 0. The van der Waals surface area contributed by atoms with Crippen LogP contribution in [0.5, 0.6) is 0 Å². The van der Waals surface area contributed by atoms with Crippen LogP contribution in [0.15, 0.2) is 12.7 Å². The average molecular weight is 124 g/mol. The Morgan fingerprint density at radius 2 is 1.56 bits per heavy atom. The summed E-state index contributed by atoms with van der Waals surface area (Å²) in [6, 6.07) is 0. The summed E-state index contributed by atoms with van der Waals surface area (Å²) in [6.45, 7) is 3.83. The third-order valence-electron chi connectivity index (χ3n) is 2.23. The van der Waals surface area contributed by atoms with Crippen molar-refractivity contribution in [2.24, 2.45) is 5.92 Å². The first kappa shape index (κ1) is 6.85. The molecule has 1 aliphatic rings. The van der Waals surface area contributed by atoms with E-state index in [1.807, 2.05) is 0 Å². The monoisotopic (exact) mass is 124 g/mol. The highest BCUT2D eigenvalue weighted by Gasteiger charge is 2.06. The van der Waals surface area contributed by atoms with Gasteiger partial charge in [0.2, 0.25) is 0 Å². The van der Waals surface area contributed by atoms with E-state index in [-0.39, 0.29) is 0 Å². The highest BCUT2D eigenvalue weighted by Crippen LogP contribution is 2.22. The normalized spacial score (nSPS) is 23.1. The predicted molar refractivity (Wildman–Crippen MR) is 41.4 cm³/mol. The van der Waals surface area contributed by atoms with Gasteiger partial charge in [-0.3, -0.25) is 0 Å². The van der Waals surface area contributed by atoms with E-state index in [9.17, 15) is 0 Å². The fraction of sp³-hybridized carbons (Fsp3) is 0.778. The molecule has 0 unspecified atom stereocenters. The summed E-state index contributed by atoms with van der Waals surface area (Å²) in [7, 11) is 0. The molecular weight excluding hydrogens is 108 g/mol. The minimum Gasteiger partial charge on any atom is -0.103 e. The van der Waals surface area contributed by atoms with E-state index in [4.69, 9.17) is 0 Å². The van der Waals surface area contributed by atoms with Gasteiger partial charge in [0.05, 0.1) is 0 Å². The Morgan fingerprint density at radius 3 is 2.00 bits per heavy atom. The second-order valence-electron chi connectivity index (χ2n) is 2.99. The van der Waals surface area contributed by atoms with Gasteiger partial charge < -0.3 is 0 Å². The van der Waals surface area contributed by atoms with Gasteiger partial charge in [0.25, 0.3) is 0 Å². The van der Waals surface area contributed by atoms with Crippen molar-refractivity contribution in [3.8, 4) is 0 Å². The summed E-state index contributed by atoms with van der Waals surface area (Å²) >= 11 is 0. The highest BCUT2D eigenvalue weighted by atomic mass is 14.1. The van der Waals surface area contributed by atoms with Crippen molar-refractivity contribution in [1.82, 2.24) is 0 Å². The topological polar surface area (TPSA) is 0 Å². The Hall–Kier alpha value is -0.260. The molecule has 0 heteroatoms. The van der Waals surface area contributed by atoms with Gasteiger partial charge in [-0.15, -0.1) is 6.58 Å². The number of rotatable bonds is 1. The Labute approximate surface area is 58.0 Å². The SMILES string of the molecule is C=CC1CCCCCC1. The molecule has 0 aliphatic heterocycles. The molecule has 0 saturated heterocycles. The van der Waals surface area contributed by atoms with Crippen LogP contribution in [-0.4, -0.2) is 0 Å². The molecule has 0 atom stereocenters. The van der Waals surface area contributed by atoms with Gasteiger partial charge in [-0.2, -0.15) is 0 Å². The zero-order valence-electron chi connectivity index (χ0n) is 6.10. The largest absolute Gasteiger partial charge is 0.103 e. The first-order valence-corrected chi connectivity index (χ1v) is 4.06. The second kappa shape index (κ2) is 3.71. The van der Waals surface area contributed by atoms with E-state index < -0.39 is 0 Å². The summed E-state index contributed by atoms with van der Waals surface area (Å²) in [5.41, 5.74) is 0. The van der Waals surface area contributed by atoms with Crippen molar-refractivity contribution in [2.75, 3.05) is 0 Å². The molecule has 1 rings (SSSR count). The first-order chi connectivity index (χ1) is 4.43. The van der Waals surface area contributed by atoms with Crippen molar-refractivity contribution < 1.29 is 0 Å². The van der Waals surface area contributed by atoms with Crippen molar-refractivity contribution in [3.05, 3.63) is 12.7 Å². The van der Waals surface area contributed by atoms with E-state index in [1.54, 1.807) is 0 Å². The quantitative estimate of drug-likeness (QED) is 0.372. The van der Waals surface area contributed by atoms with Crippen LogP contribution in [0, 0.1) is 5.92 Å². The van der Waals surface area contributed by atoms with Crippen molar-refractivity contribution in [1.29, 1.82) is 0 Å². The van der Waals surface area contributed by atoms with Crippen LogP contribution in [0.1, 0.15) is 38.5 Å². The smallest absolute Gasteiger partial charge is 0.0236 e. The maximum absolute atomic E-state index is 3.83. The van der Waals surface area contributed by atoms with Crippen LogP contribution in [-0.2, 0) is 0 Å². The van der Waals surface area contributed by atoms with E-state index in [0.29, 0.717) is 0 Å². The van der Waals surface area contributed by atoms with Gasteiger partial charge in [0.15, 0.2) is 0 Å². The lowest BCUT2D eigenvalue weighted by Crippen LogP contribution is -1.91. The van der Waals surface area contributed by atoms with Gasteiger partial charge in [-0.25, -0.2) is 0 Å². The second-order valence-corrected chi connectivity index (χ2v) is 2.99. The summed E-state index contributed by atoms with van der Waals surface area (Å²) < 4.78 is 0. The molecule has 0 aromatic rings. The van der Waals surface area contributed by atoms with E-state index in [1.165, 1.54) is 38.5 Å². The molecule has 0 nitrogen and oxygen atoms in total. The minimum absolute atomic E-state index is 0.840.